The van der Waals surface area contributed by atoms with Gasteiger partial charge < -0.3 is 10.1 Å². The van der Waals surface area contributed by atoms with Crippen LogP contribution in [-0.2, 0) is 23.9 Å². The molecule has 9 nitrogen and oxygen atoms in total. The lowest BCUT2D eigenvalue weighted by atomic mass is 10.1. The minimum Gasteiger partial charge on any atom is -0.462 e. The van der Waals surface area contributed by atoms with Crippen LogP contribution in [0.25, 0.3) is 6.08 Å². The molecule has 2 fully saturated rings. The Morgan fingerprint density at radius 3 is 2.48 bits per heavy atom. The summed E-state index contributed by atoms with van der Waals surface area (Å²) >= 11 is 6.49. The Kier molecular flexibility index (Phi) is 9.28. The SMILES string of the molecule is CCOC(=O)c1ccc(NC(=O)CCN2C(=O)C[C@H](N3C(=O)/C(=C/C(C)=C/c4ccccc4)SC3=S)C2=O)cc1. The number of hydrogen-bond acceptors (Lipinski definition) is 8. The van der Waals surface area contributed by atoms with Gasteiger partial charge in [-0.15, -0.1) is 0 Å². The average molecular weight is 578 g/mol. The third kappa shape index (κ3) is 6.72. The van der Waals surface area contributed by atoms with Crippen molar-refractivity contribution in [1.29, 1.82) is 0 Å². The number of thiocarbonyl (C=S) groups is 1. The van der Waals surface area contributed by atoms with Crippen LogP contribution in [0.2, 0.25) is 0 Å². The maximum absolute atomic E-state index is 13.2. The summed E-state index contributed by atoms with van der Waals surface area (Å²) in [5.74, 6) is -2.34. The maximum Gasteiger partial charge on any atom is 0.338 e. The van der Waals surface area contributed by atoms with Gasteiger partial charge in [-0.1, -0.05) is 60.4 Å². The number of rotatable bonds is 9. The van der Waals surface area contributed by atoms with E-state index in [4.69, 9.17) is 17.0 Å². The Morgan fingerprint density at radius 1 is 1.10 bits per heavy atom. The molecule has 0 saturated carbocycles. The second-order valence-electron chi connectivity index (χ2n) is 9.05. The molecule has 2 saturated heterocycles. The number of nitrogens with one attached hydrogen (secondary N) is 1. The van der Waals surface area contributed by atoms with Gasteiger partial charge in [0.1, 0.15) is 10.4 Å². The number of amides is 4. The van der Waals surface area contributed by atoms with E-state index in [1.54, 1.807) is 25.1 Å². The highest BCUT2D eigenvalue weighted by molar-refractivity contribution is 8.26. The van der Waals surface area contributed by atoms with Gasteiger partial charge in [-0.25, -0.2) is 4.79 Å². The molecule has 2 aromatic rings. The Morgan fingerprint density at radius 2 is 1.80 bits per heavy atom. The van der Waals surface area contributed by atoms with Crippen LogP contribution in [0.3, 0.4) is 0 Å². The second kappa shape index (κ2) is 12.8. The van der Waals surface area contributed by atoms with Crippen LogP contribution in [-0.4, -0.2) is 62.9 Å². The van der Waals surface area contributed by atoms with Crippen molar-refractivity contribution in [3.05, 3.63) is 82.3 Å². The first-order valence-corrected chi connectivity index (χ1v) is 13.8. The van der Waals surface area contributed by atoms with Crippen LogP contribution in [0.4, 0.5) is 5.69 Å². The van der Waals surface area contributed by atoms with Gasteiger partial charge in [-0.2, -0.15) is 0 Å². The summed E-state index contributed by atoms with van der Waals surface area (Å²) in [6.45, 7) is 3.70. The fraction of sp³-hybridized carbons (Fsp3) is 0.241. The molecule has 40 heavy (non-hydrogen) atoms. The van der Waals surface area contributed by atoms with E-state index in [1.807, 2.05) is 43.3 Å². The summed E-state index contributed by atoms with van der Waals surface area (Å²) in [4.78, 5) is 65.8. The zero-order chi connectivity index (χ0) is 28.8. The summed E-state index contributed by atoms with van der Waals surface area (Å²) in [5, 5.41) is 2.67. The zero-order valence-corrected chi connectivity index (χ0v) is 23.6. The van der Waals surface area contributed by atoms with Crippen molar-refractivity contribution < 1.29 is 28.7 Å². The quantitative estimate of drug-likeness (QED) is 0.205. The molecule has 206 valence electrons. The number of benzene rings is 2. The Labute approximate surface area is 241 Å². The molecule has 4 amide bonds. The fourth-order valence-electron chi connectivity index (χ4n) is 4.25. The Bertz CT molecular complexity index is 1420. The molecule has 0 aliphatic carbocycles. The molecule has 2 heterocycles. The lowest BCUT2D eigenvalue weighted by molar-refractivity contribution is -0.141. The van der Waals surface area contributed by atoms with Crippen LogP contribution < -0.4 is 5.32 Å². The standard InChI is InChI=1S/C29H27N3O6S2/c1-3-38-28(37)20-9-11-21(12-10-20)30-24(33)13-14-31-25(34)17-22(26(31)35)32-27(36)23(40-29(32)39)16-18(2)15-19-7-5-4-6-8-19/h4-12,15-16,22H,3,13-14,17H2,1-2H3,(H,30,33)/b18-15+,23-16-/t22-/m0/s1. The van der Waals surface area contributed by atoms with Gasteiger partial charge in [0, 0.05) is 18.7 Å². The van der Waals surface area contributed by atoms with Gasteiger partial charge in [0.05, 0.1) is 23.5 Å². The smallest absolute Gasteiger partial charge is 0.338 e. The summed E-state index contributed by atoms with van der Waals surface area (Å²) in [6, 6.07) is 14.8. The number of anilines is 1. The normalized spacial score (nSPS) is 18.6. The molecule has 0 spiro atoms. The molecule has 2 aromatic carbocycles. The van der Waals surface area contributed by atoms with Gasteiger partial charge in [0.25, 0.3) is 11.8 Å². The van der Waals surface area contributed by atoms with Crippen LogP contribution in [0, 0.1) is 0 Å². The number of carbonyl (C=O) groups excluding carboxylic acids is 5. The molecule has 1 N–H and O–H groups in total. The van der Waals surface area contributed by atoms with Crippen molar-refractivity contribution in [2.24, 2.45) is 0 Å². The number of thioether (sulfide) groups is 1. The molecule has 2 aliphatic rings. The third-order valence-electron chi connectivity index (χ3n) is 6.15. The monoisotopic (exact) mass is 577 g/mol. The van der Waals surface area contributed by atoms with E-state index in [9.17, 15) is 24.0 Å². The number of hydrogen-bond donors (Lipinski definition) is 1. The van der Waals surface area contributed by atoms with Gasteiger partial charge >= 0.3 is 5.97 Å². The van der Waals surface area contributed by atoms with E-state index in [2.05, 4.69) is 5.32 Å². The van der Waals surface area contributed by atoms with E-state index in [0.717, 1.165) is 27.8 Å². The molecule has 0 bridgehead atoms. The average Bonchev–Trinajstić information content (AvgIpc) is 3.35. The van der Waals surface area contributed by atoms with Crippen molar-refractivity contribution in [2.75, 3.05) is 18.5 Å². The molecule has 0 aromatic heterocycles. The van der Waals surface area contributed by atoms with Crippen LogP contribution in [0.1, 0.15) is 42.6 Å². The first-order valence-electron chi connectivity index (χ1n) is 12.6. The molecule has 11 heteroatoms. The largest absolute Gasteiger partial charge is 0.462 e. The second-order valence-corrected chi connectivity index (χ2v) is 10.7. The van der Waals surface area contributed by atoms with Crippen molar-refractivity contribution >= 4 is 69.7 Å². The molecule has 0 radical (unpaired) electrons. The lowest BCUT2D eigenvalue weighted by Gasteiger charge is -2.21. The van der Waals surface area contributed by atoms with Crippen LogP contribution in [0.5, 0.6) is 0 Å². The number of nitrogens with zero attached hydrogens (tertiary/aromatic N) is 2. The minimum absolute atomic E-state index is 0.133. The predicted molar refractivity (Wildman–Crippen MR) is 156 cm³/mol. The van der Waals surface area contributed by atoms with Crippen molar-refractivity contribution in [1.82, 2.24) is 9.80 Å². The van der Waals surface area contributed by atoms with Crippen LogP contribution in [0.15, 0.2) is 71.2 Å². The molecule has 2 aliphatic heterocycles. The third-order valence-corrected chi connectivity index (χ3v) is 7.48. The number of likely N-dealkylation sites (tertiary alicyclic amines) is 1. The Balaban J connectivity index is 1.35. The molecular weight excluding hydrogens is 550 g/mol. The van der Waals surface area contributed by atoms with E-state index in [-0.39, 0.29) is 30.3 Å². The highest BCUT2D eigenvalue weighted by Gasteiger charge is 2.48. The van der Waals surface area contributed by atoms with E-state index in [1.165, 1.54) is 17.0 Å². The summed E-state index contributed by atoms with van der Waals surface area (Å²) in [5.41, 5.74) is 2.63. The van der Waals surface area contributed by atoms with Crippen LogP contribution >= 0.6 is 24.0 Å². The first-order chi connectivity index (χ1) is 19.2. The highest BCUT2D eigenvalue weighted by atomic mass is 32.2. The minimum atomic E-state index is -1.04. The lowest BCUT2D eigenvalue weighted by Crippen LogP contribution is -2.44. The summed E-state index contributed by atoms with van der Waals surface area (Å²) in [6.07, 6.45) is 3.31. The number of ether oxygens (including phenoxy) is 1. The number of esters is 1. The van der Waals surface area contributed by atoms with Gasteiger partial charge in [0.2, 0.25) is 11.8 Å². The zero-order valence-electron chi connectivity index (χ0n) is 21.9. The van der Waals surface area contributed by atoms with Gasteiger partial charge in [-0.3, -0.25) is 29.0 Å². The molecule has 4 rings (SSSR count). The molecular formula is C29H27N3O6S2. The highest BCUT2D eigenvalue weighted by Crippen LogP contribution is 2.36. The van der Waals surface area contributed by atoms with Gasteiger partial charge in [-0.05, 0) is 55.3 Å². The first kappa shape index (κ1) is 28.9. The van der Waals surface area contributed by atoms with E-state index < -0.39 is 35.6 Å². The van der Waals surface area contributed by atoms with Gasteiger partial charge in [0.15, 0.2) is 0 Å². The number of imide groups is 1. The van der Waals surface area contributed by atoms with E-state index >= 15 is 0 Å². The Hall–Kier alpha value is -4.09. The summed E-state index contributed by atoms with van der Waals surface area (Å²) < 4.78 is 5.14. The molecule has 1 atom stereocenters. The molecule has 0 unspecified atom stereocenters. The predicted octanol–water partition coefficient (Wildman–Crippen LogP) is 4.17. The van der Waals surface area contributed by atoms with Crippen molar-refractivity contribution in [3.8, 4) is 0 Å². The summed E-state index contributed by atoms with van der Waals surface area (Å²) in [7, 11) is 0. The van der Waals surface area contributed by atoms with Crippen molar-refractivity contribution in [2.45, 2.75) is 32.7 Å². The maximum atomic E-state index is 13.2. The van der Waals surface area contributed by atoms with Crippen molar-refractivity contribution in [3.63, 3.8) is 0 Å². The number of allylic oxidation sites excluding steroid dienone is 2. The topological polar surface area (TPSA) is 113 Å². The van der Waals surface area contributed by atoms with E-state index in [0.29, 0.717) is 16.2 Å². The fourth-order valence-corrected chi connectivity index (χ4v) is 5.66. The number of carbonyl (C=O) groups is 5.